The van der Waals surface area contributed by atoms with Gasteiger partial charge in [-0.2, -0.15) is 5.10 Å². The van der Waals surface area contributed by atoms with E-state index in [0.29, 0.717) is 9.13 Å². The van der Waals surface area contributed by atoms with Crippen molar-refractivity contribution in [2.24, 2.45) is 10.2 Å². The van der Waals surface area contributed by atoms with E-state index in [-0.39, 0.29) is 10.1 Å². The summed E-state index contributed by atoms with van der Waals surface area (Å²) in [5, 5.41) is 10.5. The van der Waals surface area contributed by atoms with Gasteiger partial charge in [-0.15, -0.1) is 5.10 Å². The summed E-state index contributed by atoms with van der Waals surface area (Å²) in [5.74, 6) is -1.48. The number of nitrogens with one attached hydrogen (secondary N) is 1. The van der Waals surface area contributed by atoms with E-state index < -0.39 is 17.8 Å². The van der Waals surface area contributed by atoms with Crippen LogP contribution in [0.2, 0.25) is 0 Å². The van der Waals surface area contributed by atoms with Crippen LogP contribution in [0.3, 0.4) is 0 Å². The smallest absolute Gasteiger partial charge is 0.338 e. The maximum absolute atomic E-state index is 11.7. The third kappa shape index (κ3) is 5.13. The monoisotopic (exact) mass is 473 g/mol. The minimum atomic E-state index is -0.623. The quantitative estimate of drug-likeness (QED) is 0.235. The second kappa shape index (κ2) is 8.76. The topological polar surface area (TPSA) is 106 Å². The molecule has 0 radical (unpaired) electrons. The molecule has 0 aliphatic carbocycles. The van der Waals surface area contributed by atoms with Crippen LogP contribution in [-0.4, -0.2) is 43.4 Å². The predicted octanol–water partition coefficient (Wildman–Crippen LogP) is 1.69. The minimum Gasteiger partial charge on any atom is -0.466 e. The van der Waals surface area contributed by atoms with Gasteiger partial charge in [0.2, 0.25) is 0 Å². The van der Waals surface area contributed by atoms with E-state index in [1.54, 1.807) is 18.2 Å². The molecule has 1 N–H and O–H groups in total. The van der Waals surface area contributed by atoms with Crippen molar-refractivity contribution in [3.63, 3.8) is 0 Å². The Kier molecular flexibility index (Phi) is 6.70. The van der Waals surface area contributed by atoms with Gasteiger partial charge < -0.3 is 9.47 Å². The van der Waals surface area contributed by atoms with E-state index in [4.69, 9.17) is 0 Å². The molecule has 1 heterocycles. The number of hydrogen-bond acceptors (Lipinski definition) is 8. The van der Waals surface area contributed by atoms with Gasteiger partial charge in [0.1, 0.15) is 0 Å². The normalized spacial score (nSPS) is 17.2. The maximum Gasteiger partial charge on any atom is 0.338 e. The minimum absolute atomic E-state index is 0.178. The first kappa shape index (κ1) is 19.1. The number of carbonyl (C=O) groups is 3. The van der Waals surface area contributed by atoms with Gasteiger partial charge in [0, 0.05) is 9.65 Å². The molecule has 0 saturated carbocycles. The highest BCUT2D eigenvalue weighted by molar-refractivity contribution is 14.1. The SMILES string of the molecule is COC(=O)/C=C1/S/C(=N\N=Cc2ccc(C(=O)OC)c(I)c2)NC1=O. The number of esters is 2. The summed E-state index contributed by atoms with van der Waals surface area (Å²) in [5.41, 5.74) is 1.18. The molecule has 2 rings (SSSR count). The average Bonchev–Trinajstić information content (AvgIpc) is 2.93. The molecule has 10 heteroatoms. The summed E-state index contributed by atoms with van der Waals surface area (Å²) in [6.07, 6.45) is 2.56. The number of thioether (sulfide) groups is 1. The zero-order chi connectivity index (χ0) is 18.4. The molecule has 0 atom stereocenters. The van der Waals surface area contributed by atoms with Crippen molar-refractivity contribution in [1.82, 2.24) is 5.32 Å². The van der Waals surface area contributed by atoms with Crippen molar-refractivity contribution in [1.29, 1.82) is 0 Å². The fourth-order valence-electron chi connectivity index (χ4n) is 1.68. The molecule has 1 saturated heterocycles. The van der Waals surface area contributed by atoms with Crippen LogP contribution in [0.15, 0.2) is 39.4 Å². The lowest BCUT2D eigenvalue weighted by Gasteiger charge is -2.02. The Morgan fingerprint density at radius 3 is 2.68 bits per heavy atom. The van der Waals surface area contributed by atoms with E-state index in [2.05, 4.69) is 25.0 Å². The fraction of sp³-hybridized carbons (Fsp3) is 0.133. The number of ether oxygens (including phenoxy) is 2. The second-order valence-corrected chi connectivity index (χ2v) is 6.66. The van der Waals surface area contributed by atoms with Gasteiger partial charge in [-0.25, -0.2) is 9.59 Å². The molecule has 1 aromatic rings. The number of benzene rings is 1. The summed E-state index contributed by atoms with van der Waals surface area (Å²) >= 11 is 3.01. The summed E-state index contributed by atoms with van der Waals surface area (Å²) in [6, 6.07) is 5.08. The van der Waals surface area contributed by atoms with E-state index in [0.717, 1.165) is 23.4 Å². The van der Waals surface area contributed by atoms with Crippen molar-refractivity contribution >= 4 is 63.6 Å². The Hall–Kier alpha value is -2.21. The number of amidine groups is 1. The van der Waals surface area contributed by atoms with Crippen LogP contribution in [-0.2, 0) is 19.1 Å². The number of amides is 1. The van der Waals surface area contributed by atoms with E-state index in [9.17, 15) is 14.4 Å². The number of hydrogen-bond donors (Lipinski definition) is 1. The molecule has 0 aromatic heterocycles. The number of halogens is 1. The molecule has 1 aromatic carbocycles. The number of rotatable bonds is 4. The molecule has 130 valence electrons. The van der Waals surface area contributed by atoms with Gasteiger partial charge in [-0.05, 0) is 52.0 Å². The van der Waals surface area contributed by atoms with Crippen LogP contribution in [0.5, 0.6) is 0 Å². The largest absolute Gasteiger partial charge is 0.466 e. The van der Waals surface area contributed by atoms with Gasteiger partial charge in [-0.1, -0.05) is 6.07 Å². The zero-order valence-electron chi connectivity index (χ0n) is 13.1. The highest BCUT2D eigenvalue weighted by Crippen LogP contribution is 2.23. The van der Waals surface area contributed by atoms with Crippen LogP contribution in [0.4, 0.5) is 0 Å². The second-order valence-electron chi connectivity index (χ2n) is 4.47. The molecular weight excluding hydrogens is 461 g/mol. The first-order valence-electron chi connectivity index (χ1n) is 6.72. The van der Waals surface area contributed by atoms with Crippen LogP contribution in [0, 0.1) is 3.57 Å². The first-order chi connectivity index (χ1) is 11.9. The number of methoxy groups -OCH3 is 2. The van der Waals surface area contributed by atoms with Crippen molar-refractivity contribution in [3.05, 3.63) is 43.9 Å². The van der Waals surface area contributed by atoms with E-state index in [1.165, 1.54) is 20.4 Å². The van der Waals surface area contributed by atoms with Crippen molar-refractivity contribution in [2.45, 2.75) is 0 Å². The summed E-state index contributed by atoms with van der Waals surface area (Å²) in [6.45, 7) is 0. The van der Waals surface area contributed by atoms with Crippen LogP contribution in [0.1, 0.15) is 15.9 Å². The molecule has 25 heavy (non-hydrogen) atoms. The zero-order valence-corrected chi connectivity index (χ0v) is 16.1. The van der Waals surface area contributed by atoms with Crippen molar-refractivity contribution in [3.8, 4) is 0 Å². The Morgan fingerprint density at radius 2 is 2.04 bits per heavy atom. The van der Waals surface area contributed by atoms with Gasteiger partial charge in [0.25, 0.3) is 5.91 Å². The Morgan fingerprint density at radius 1 is 1.28 bits per heavy atom. The van der Waals surface area contributed by atoms with E-state index in [1.807, 2.05) is 22.6 Å². The molecule has 0 bridgehead atoms. The van der Waals surface area contributed by atoms with Crippen LogP contribution in [0.25, 0.3) is 0 Å². The van der Waals surface area contributed by atoms with Gasteiger partial charge in [0.15, 0.2) is 5.17 Å². The number of nitrogens with zero attached hydrogens (tertiary/aromatic N) is 2. The number of carbonyl (C=O) groups excluding carboxylic acids is 3. The first-order valence-corrected chi connectivity index (χ1v) is 8.62. The third-order valence-electron chi connectivity index (χ3n) is 2.85. The maximum atomic E-state index is 11.7. The fourth-order valence-corrected chi connectivity index (χ4v) is 3.17. The Bertz CT molecular complexity index is 819. The van der Waals surface area contributed by atoms with Gasteiger partial charge >= 0.3 is 11.9 Å². The molecule has 8 nitrogen and oxygen atoms in total. The highest BCUT2D eigenvalue weighted by atomic mass is 127. The lowest BCUT2D eigenvalue weighted by molar-refractivity contribution is -0.135. The molecule has 1 aliphatic rings. The van der Waals surface area contributed by atoms with Crippen LogP contribution < -0.4 is 5.32 Å². The van der Waals surface area contributed by atoms with Crippen molar-refractivity contribution in [2.75, 3.05) is 14.2 Å². The summed E-state index contributed by atoms with van der Waals surface area (Å²) in [4.78, 5) is 34.5. The van der Waals surface area contributed by atoms with Crippen molar-refractivity contribution < 1.29 is 23.9 Å². The lowest BCUT2D eigenvalue weighted by atomic mass is 10.1. The Labute approximate surface area is 160 Å². The highest BCUT2D eigenvalue weighted by Gasteiger charge is 2.25. The Balaban J connectivity index is 2.08. The summed E-state index contributed by atoms with van der Waals surface area (Å²) < 4.78 is 9.87. The predicted molar refractivity (Wildman–Crippen MR) is 101 cm³/mol. The molecule has 1 amide bonds. The molecule has 0 unspecified atom stereocenters. The lowest BCUT2D eigenvalue weighted by Crippen LogP contribution is -2.19. The third-order valence-corrected chi connectivity index (χ3v) is 4.65. The molecule has 0 spiro atoms. The molecule has 1 fully saturated rings. The van der Waals surface area contributed by atoms with Crippen LogP contribution >= 0.6 is 34.4 Å². The average molecular weight is 473 g/mol. The van der Waals surface area contributed by atoms with E-state index >= 15 is 0 Å². The summed E-state index contributed by atoms with van der Waals surface area (Å²) in [7, 11) is 2.55. The van der Waals surface area contributed by atoms with Gasteiger partial charge in [0.05, 0.1) is 30.9 Å². The molecule has 1 aliphatic heterocycles. The standard InChI is InChI=1S/C15H12IN3O5S/c1-23-12(20)6-11-13(21)18-15(25-11)19-17-7-8-3-4-9(10(16)5-8)14(22)24-2/h3-7H,1-2H3,(H,18,19,21)/b11-6+,17-7?. The van der Waals surface area contributed by atoms with Gasteiger partial charge in [-0.3, -0.25) is 10.1 Å². The molecular formula is C15H12IN3O5S.